The molecular formula is C19H13Cl2FN4O3. The lowest BCUT2D eigenvalue weighted by atomic mass is 10.2. The first-order valence-electron chi connectivity index (χ1n) is 8.18. The molecule has 0 unspecified atom stereocenters. The Kier molecular flexibility index (Phi) is 6.58. The van der Waals surface area contributed by atoms with E-state index < -0.39 is 4.92 Å². The molecule has 2 aromatic carbocycles. The molecule has 0 aliphatic rings. The number of ether oxygens (including phenoxy) is 1. The molecule has 0 atom stereocenters. The van der Waals surface area contributed by atoms with Crippen molar-refractivity contribution in [1.29, 1.82) is 0 Å². The average molecular weight is 435 g/mol. The summed E-state index contributed by atoms with van der Waals surface area (Å²) in [6.07, 6.45) is 2.58. The second-order valence-corrected chi connectivity index (χ2v) is 6.58. The van der Waals surface area contributed by atoms with Gasteiger partial charge in [-0.2, -0.15) is 5.10 Å². The highest BCUT2D eigenvalue weighted by Crippen LogP contribution is 2.34. The maximum atomic E-state index is 13.2. The Bertz CT molecular complexity index is 1040. The number of benzene rings is 2. The van der Waals surface area contributed by atoms with E-state index in [-0.39, 0.29) is 33.9 Å². The van der Waals surface area contributed by atoms with Gasteiger partial charge in [0.25, 0.3) is 5.69 Å². The number of hydrogen-bond acceptors (Lipinski definition) is 6. The molecule has 0 radical (unpaired) electrons. The fraction of sp³-hybridized carbons (Fsp3) is 0.0526. The minimum absolute atomic E-state index is 0.109. The Morgan fingerprint density at radius 2 is 1.97 bits per heavy atom. The smallest absolute Gasteiger partial charge is 0.287 e. The van der Waals surface area contributed by atoms with Gasteiger partial charge in [0.05, 0.1) is 21.2 Å². The summed E-state index contributed by atoms with van der Waals surface area (Å²) in [6.45, 7) is 0.109. The number of hydrogen-bond donors (Lipinski definition) is 1. The highest BCUT2D eigenvalue weighted by molar-refractivity contribution is 6.37. The Morgan fingerprint density at radius 1 is 1.21 bits per heavy atom. The third-order valence-electron chi connectivity index (χ3n) is 3.64. The van der Waals surface area contributed by atoms with Crippen molar-refractivity contribution in [2.75, 3.05) is 5.43 Å². The second-order valence-electron chi connectivity index (χ2n) is 5.76. The van der Waals surface area contributed by atoms with Crippen LogP contribution in [0.15, 0.2) is 59.8 Å². The predicted octanol–water partition coefficient (Wildman–Crippen LogP) is 5.46. The van der Waals surface area contributed by atoms with Crippen molar-refractivity contribution in [3.05, 3.63) is 91.8 Å². The lowest BCUT2D eigenvalue weighted by Gasteiger charge is -2.11. The van der Waals surface area contributed by atoms with Crippen LogP contribution in [0.25, 0.3) is 0 Å². The van der Waals surface area contributed by atoms with Gasteiger partial charge in [0, 0.05) is 6.07 Å². The molecule has 0 saturated carbocycles. The molecule has 1 aromatic heterocycles. The first-order valence-corrected chi connectivity index (χ1v) is 8.94. The van der Waals surface area contributed by atoms with Crippen LogP contribution in [0.4, 0.5) is 15.9 Å². The van der Waals surface area contributed by atoms with Gasteiger partial charge in [-0.3, -0.25) is 15.5 Å². The molecule has 0 spiro atoms. The van der Waals surface area contributed by atoms with E-state index in [4.69, 9.17) is 27.9 Å². The molecular weight excluding hydrogens is 422 g/mol. The van der Waals surface area contributed by atoms with E-state index in [1.165, 1.54) is 30.5 Å². The summed E-state index contributed by atoms with van der Waals surface area (Å²) >= 11 is 12.5. The van der Waals surface area contributed by atoms with E-state index >= 15 is 0 Å². The molecule has 0 aliphatic carbocycles. The number of rotatable bonds is 7. The van der Waals surface area contributed by atoms with E-state index in [0.29, 0.717) is 16.9 Å². The molecule has 7 nitrogen and oxygen atoms in total. The van der Waals surface area contributed by atoms with Crippen LogP contribution in [0, 0.1) is 15.9 Å². The number of nitrogens with zero attached hydrogens (tertiary/aromatic N) is 3. The standard InChI is InChI=1S/C19H13Cl2FN4O3/c20-16-7-13(9-24-25-18-5-4-15(10-23-18)26(27)28)8-17(21)19(16)29-11-12-2-1-3-14(22)6-12/h1-10H,11H2,(H,23,25). The lowest BCUT2D eigenvalue weighted by molar-refractivity contribution is -0.385. The van der Waals surface area contributed by atoms with Crippen molar-refractivity contribution in [3.8, 4) is 5.75 Å². The first kappa shape index (κ1) is 20.5. The van der Waals surface area contributed by atoms with Crippen LogP contribution in [0.3, 0.4) is 0 Å². The second kappa shape index (κ2) is 9.31. The number of anilines is 1. The van der Waals surface area contributed by atoms with Crippen molar-refractivity contribution in [1.82, 2.24) is 4.98 Å². The van der Waals surface area contributed by atoms with Crippen LogP contribution in [-0.2, 0) is 6.61 Å². The molecule has 1 N–H and O–H groups in total. The van der Waals surface area contributed by atoms with Gasteiger partial charge in [0.15, 0.2) is 5.75 Å². The molecule has 0 saturated heterocycles. The van der Waals surface area contributed by atoms with Crippen LogP contribution >= 0.6 is 23.2 Å². The number of nitrogens with one attached hydrogen (secondary N) is 1. The van der Waals surface area contributed by atoms with E-state index in [1.54, 1.807) is 24.3 Å². The highest BCUT2D eigenvalue weighted by atomic mass is 35.5. The van der Waals surface area contributed by atoms with Crippen molar-refractivity contribution in [2.24, 2.45) is 5.10 Å². The fourth-order valence-electron chi connectivity index (χ4n) is 2.31. The number of halogens is 3. The third-order valence-corrected chi connectivity index (χ3v) is 4.21. The van der Waals surface area contributed by atoms with Gasteiger partial charge in [0.2, 0.25) is 0 Å². The maximum absolute atomic E-state index is 13.2. The molecule has 0 fully saturated rings. The number of pyridine rings is 1. The summed E-state index contributed by atoms with van der Waals surface area (Å²) in [6, 6.07) is 12.0. The Balaban J connectivity index is 1.65. The minimum atomic E-state index is -0.540. The Labute approximate surface area is 174 Å². The first-order chi connectivity index (χ1) is 13.9. The zero-order chi connectivity index (χ0) is 20.8. The topological polar surface area (TPSA) is 89.7 Å². The van der Waals surface area contributed by atoms with Crippen molar-refractivity contribution in [2.45, 2.75) is 6.61 Å². The molecule has 0 aliphatic heterocycles. The van der Waals surface area contributed by atoms with Gasteiger partial charge >= 0.3 is 0 Å². The van der Waals surface area contributed by atoms with Gasteiger partial charge in [0.1, 0.15) is 24.4 Å². The summed E-state index contributed by atoms with van der Waals surface area (Å²) in [7, 11) is 0. The van der Waals surface area contributed by atoms with Crippen LogP contribution in [0.2, 0.25) is 10.0 Å². The van der Waals surface area contributed by atoms with Crippen LogP contribution < -0.4 is 10.2 Å². The minimum Gasteiger partial charge on any atom is -0.486 e. The van der Waals surface area contributed by atoms with E-state index in [1.807, 2.05) is 0 Å². The normalized spacial score (nSPS) is 10.9. The van der Waals surface area contributed by atoms with Crippen LogP contribution in [0.1, 0.15) is 11.1 Å². The summed E-state index contributed by atoms with van der Waals surface area (Å²) < 4.78 is 18.9. The highest BCUT2D eigenvalue weighted by Gasteiger charge is 2.10. The number of aromatic nitrogens is 1. The van der Waals surface area contributed by atoms with Gasteiger partial charge < -0.3 is 4.74 Å². The third kappa shape index (κ3) is 5.63. The Hall–Kier alpha value is -3.23. The zero-order valence-corrected chi connectivity index (χ0v) is 16.2. The number of nitro groups is 1. The van der Waals surface area contributed by atoms with Crippen molar-refractivity contribution in [3.63, 3.8) is 0 Å². The molecule has 0 amide bonds. The molecule has 1 heterocycles. The molecule has 10 heteroatoms. The zero-order valence-electron chi connectivity index (χ0n) is 14.7. The quantitative estimate of drug-likeness (QED) is 0.302. The van der Waals surface area contributed by atoms with Crippen molar-refractivity contribution < 1.29 is 14.1 Å². The van der Waals surface area contributed by atoms with Gasteiger partial charge in [-0.05, 0) is 41.5 Å². The van der Waals surface area contributed by atoms with Crippen LogP contribution in [0.5, 0.6) is 5.75 Å². The largest absolute Gasteiger partial charge is 0.486 e. The average Bonchev–Trinajstić information content (AvgIpc) is 2.68. The van der Waals surface area contributed by atoms with Gasteiger partial charge in [-0.15, -0.1) is 0 Å². The fourth-order valence-corrected chi connectivity index (χ4v) is 2.92. The van der Waals surface area contributed by atoms with Gasteiger partial charge in [-0.25, -0.2) is 9.37 Å². The molecule has 29 heavy (non-hydrogen) atoms. The Morgan fingerprint density at radius 3 is 2.59 bits per heavy atom. The molecule has 148 valence electrons. The van der Waals surface area contributed by atoms with Crippen molar-refractivity contribution >= 4 is 40.9 Å². The summed E-state index contributed by atoms with van der Waals surface area (Å²) in [5, 5.41) is 15.1. The molecule has 0 bridgehead atoms. The van der Waals surface area contributed by atoms with E-state index in [9.17, 15) is 14.5 Å². The summed E-state index contributed by atoms with van der Waals surface area (Å²) in [5.74, 6) is 0.253. The lowest BCUT2D eigenvalue weighted by Crippen LogP contribution is -1.98. The van der Waals surface area contributed by atoms with Crippen LogP contribution in [-0.4, -0.2) is 16.1 Å². The van der Waals surface area contributed by atoms with E-state index in [2.05, 4.69) is 15.5 Å². The molecule has 3 rings (SSSR count). The monoisotopic (exact) mass is 434 g/mol. The molecule has 3 aromatic rings. The summed E-state index contributed by atoms with van der Waals surface area (Å²) in [5.41, 5.74) is 3.76. The van der Waals surface area contributed by atoms with Gasteiger partial charge in [-0.1, -0.05) is 35.3 Å². The predicted molar refractivity (Wildman–Crippen MR) is 109 cm³/mol. The summed E-state index contributed by atoms with van der Waals surface area (Å²) in [4.78, 5) is 13.9. The number of hydrazone groups is 1. The van der Waals surface area contributed by atoms with E-state index in [0.717, 1.165) is 6.20 Å². The SMILES string of the molecule is O=[N+]([O-])c1ccc(NN=Cc2cc(Cl)c(OCc3cccc(F)c3)c(Cl)c2)nc1. The maximum Gasteiger partial charge on any atom is 0.287 e.